The first-order valence-corrected chi connectivity index (χ1v) is 6.84. The van der Waals surface area contributed by atoms with Gasteiger partial charge in [0.2, 0.25) is 0 Å². The van der Waals surface area contributed by atoms with E-state index in [4.69, 9.17) is 16.7 Å². The lowest BCUT2D eigenvalue weighted by Gasteiger charge is -2.25. The third-order valence-corrected chi connectivity index (χ3v) is 3.65. The highest BCUT2D eigenvalue weighted by Gasteiger charge is 2.17. The molecule has 21 heavy (non-hydrogen) atoms. The van der Waals surface area contributed by atoms with Crippen LogP contribution in [0.4, 0.5) is 0 Å². The van der Waals surface area contributed by atoms with E-state index in [0.29, 0.717) is 17.3 Å². The molecule has 1 aromatic carbocycles. The number of carboxylic acid groups (broad SMARTS) is 1. The second kappa shape index (κ2) is 6.65. The van der Waals surface area contributed by atoms with Crippen molar-refractivity contribution >= 4 is 17.6 Å². The Balaban J connectivity index is 2.18. The van der Waals surface area contributed by atoms with Crippen LogP contribution >= 0.6 is 11.6 Å². The number of rotatable bonds is 5. The lowest BCUT2D eigenvalue weighted by atomic mass is 10.1. The normalized spacial score (nSPS) is 12.4. The van der Waals surface area contributed by atoms with Crippen molar-refractivity contribution in [2.75, 3.05) is 7.05 Å². The van der Waals surface area contributed by atoms with Gasteiger partial charge in [-0.1, -0.05) is 23.7 Å². The summed E-state index contributed by atoms with van der Waals surface area (Å²) in [7, 11) is 1.92. The first kappa shape index (κ1) is 15.4. The highest BCUT2D eigenvalue weighted by atomic mass is 35.5. The summed E-state index contributed by atoms with van der Waals surface area (Å²) in [5.74, 6) is -1.02. The zero-order valence-corrected chi connectivity index (χ0v) is 12.6. The molecule has 1 N–H and O–H groups in total. The van der Waals surface area contributed by atoms with E-state index in [9.17, 15) is 4.79 Å². The minimum Gasteiger partial charge on any atom is -0.478 e. The van der Waals surface area contributed by atoms with Crippen molar-refractivity contribution in [2.45, 2.75) is 19.5 Å². The third-order valence-electron chi connectivity index (χ3n) is 3.42. The van der Waals surface area contributed by atoms with Gasteiger partial charge in [-0.25, -0.2) is 14.8 Å². The van der Waals surface area contributed by atoms with E-state index in [1.807, 2.05) is 43.1 Å². The molecule has 2 aromatic rings. The molecule has 2 rings (SSSR count). The maximum absolute atomic E-state index is 11.2. The second-order valence-corrected chi connectivity index (χ2v) is 5.27. The van der Waals surface area contributed by atoms with Crippen LogP contribution in [0, 0.1) is 0 Å². The molecule has 0 amide bonds. The van der Waals surface area contributed by atoms with Crippen LogP contribution in [-0.2, 0) is 6.54 Å². The van der Waals surface area contributed by atoms with Crippen LogP contribution in [-0.4, -0.2) is 33.0 Å². The molecule has 0 spiro atoms. The maximum atomic E-state index is 11.2. The Bertz CT molecular complexity index is 648. The van der Waals surface area contributed by atoms with E-state index in [1.54, 1.807) is 0 Å². The van der Waals surface area contributed by atoms with Gasteiger partial charge in [0, 0.05) is 23.8 Å². The van der Waals surface area contributed by atoms with Crippen molar-refractivity contribution < 1.29 is 9.90 Å². The average Bonchev–Trinajstić information content (AvgIpc) is 2.46. The van der Waals surface area contributed by atoms with Crippen LogP contribution in [0.3, 0.4) is 0 Å². The lowest BCUT2D eigenvalue weighted by molar-refractivity contribution is 0.0693. The van der Waals surface area contributed by atoms with E-state index in [0.717, 1.165) is 5.56 Å². The molecule has 0 aliphatic carbocycles. The van der Waals surface area contributed by atoms with Crippen molar-refractivity contribution in [1.29, 1.82) is 0 Å². The van der Waals surface area contributed by atoms with Gasteiger partial charge in [-0.2, -0.15) is 0 Å². The Kier molecular flexibility index (Phi) is 4.88. The van der Waals surface area contributed by atoms with Gasteiger partial charge in [-0.3, -0.25) is 4.90 Å². The molecule has 110 valence electrons. The number of aromatic nitrogens is 2. The molecule has 0 radical (unpaired) electrons. The fourth-order valence-corrected chi connectivity index (χ4v) is 2.25. The average molecular weight is 306 g/mol. The fourth-order valence-electron chi connectivity index (χ4n) is 2.05. The lowest BCUT2D eigenvalue weighted by Crippen LogP contribution is -2.24. The SMILES string of the molecule is CC(c1cccc(Cl)c1)N(C)Cc1ncncc1C(=O)O. The van der Waals surface area contributed by atoms with E-state index in [-0.39, 0.29) is 11.6 Å². The first-order valence-electron chi connectivity index (χ1n) is 6.47. The summed E-state index contributed by atoms with van der Waals surface area (Å²) in [6, 6.07) is 7.70. The number of carboxylic acids is 1. The number of hydrogen-bond acceptors (Lipinski definition) is 4. The molecule has 1 aromatic heterocycles. The summed E-state index contributed by atoms with van der Waals surface area (Å²) >= 11 is 6.00. The zero-order valence-electron chi connectivity index (χ0n) is 11.8. The van der Waals surface area contributed by atoms with Crippen molar-refractivity contribution in [1.82, 2.24) is 14.9 Å². The van der Waals surface area contributed by atoms with Crippen molar-refractivity contribution in [3.8, 4) is 0 Å². The van der Waals surface area contributed by atoms with Crippen molar-refractivity contribution in [3.05, 3.63) is 58.6 Å². The molecule has 0 fully saturated rings. The summed E-state index contributed by atoms with van der Waals surface area (Å²) in [4.78, 5) is 21.0. The highest BCUT2D eigenvalue weighted by molar-refractivity contribution is 6.30. The van der Waals surface area contributed by atoms with Gasteiger partial charge in [-0.05, 0) is 31.7 Å². The summed E-state index contributed by atoms with van der Waals surface area (Å²) in [5, 5.41) is 9.84. The quantitative estimate of drug-likeness (QED) is 0.919. The molecular weight excluding hydrogens is 290 g/mol. The minimum atomic E-state index is -1.02. The Hall–Kier alpha value is -1.98. The highest BCUT2D eigenvalue weighted by Crippen LogP contribution is 2.23. The number of carbonyl (C=O) groups is 1. The van der Waals surface area contributed by atoms with Crippen LogP contribution < -0.4 is 0 Å². The molecule has 1 unspecified atom stereocenters. The number of nitrogens with zero attached hydrogens (tertiary/aromatic N) is 3. The zero-order chi connectivity index (χ0) is 15.4. The molecule has 0 aliphatic rings. The largest absolute Gasteiger partial charge is 0.478 e. The molecule has 0 saturated heterocycles. The Labute approximate surface area is 128 Å². The Morgan fingerprint density at radius 1 is 1.48 bits per heavy atom. The molecule has 1 atom stereocenters. The molecule has 6 heteroatoms. The van der Waals surface area contributed by atoms with E-state index in [2.05, 4.69) is 9.97 Å². The molecular formula is C15H16ClN3O2. The standard InChI is InChI=1S/C15H16ClN3O2/c1-10(11-4-3-5-12(16)6-11)19(2)8-14-13(15(20)21)7-17-9-18-14/h3-7,9-10H,8H2,1-2H3,(H,20,21). The van der Waals surface area contributed by atoms with E-state index < -0.39 is 5.97 Å². The van der Waals surface area contributed by atoms with Crippen LogP contribution in [0.2, 0.25) is 5.02 Å². The molecule has 1 heterocycles. The van der Waals surface area contributed by atoms with Gasteiger partial charge in [0.15, 0.2) is 0 Å². The summed E-state index contributed by atoms with van der Waals surface area (Å²) in [5.41, 5.74) is 1.69. The van der Waals surface area contributed by atoms with Crippen molar-refractivity contribution in [2.24, 2.45) is 0 Å². The predicted octanol–water partition coefficient (Wildman–Crippen LogP) is 3.02. The second-order valence-electron chi connectivity index (χ2n) is 4.83. The van der Waals surface area contributed by atoms with Crippen LogP contribution in [0.1, 0.15) is 34.6 Å². The molecule has 0 saturated carbocycles. The van der Waals surface area contributed by atoms with E-state index in [1.165, 1.54) is 12.5 Å². The molecule has 5 nitrogen and oxygen atoms in total. The number of halogens is 1. The van der Waals surface area contributed by atoms with Gasteiger partial charge >= 0.3 is 5.97 Å². The molecule has 0 bridgehead atoms. The topological polar surface area (TPSA) is 66.3 Å². The van der Waals surface area contributed by atoms with Gasteiger partial charge < -0.3 is 5.11 Å². The number of hydrogen-bond donors (Lipinski definition) is 1. The number of benzene rings is 1. The van der Waals surface area contributed by atoms with Gasteiger partial charge in [0.25, 0.3) is 0 Å². The minimum absolute atomic E-state index is 0.0836. The fraction of sp³-hybridized carbons (Fsp3) is 0.267. The van der Waals surface area contributed by atoms with Crippen LogP contribution in [0.25, 0.3) is 0 Å². The van der Waals surface area contributed by atoms with Gasteiger partial charge in [0.05, 0.1) is 5.69 Å². The van der Waals surface area contributed by atoms with Gasteiger partial charge in [-0.15, -0.1) is 0 Å². The monoisotopic (exact) mass is 305 g/mol. The van der Waals surface area contributed by atoms with Crippen LogP contribution in [0.15, 0.2) is 36.8 Å². The van der Waals surface area contributed by atoms with Crippen LogP contribution in [0.5, 0.6) is 0 Å². The third kappa shape index (κ3) is 3.77. The van der Waals surface area contributed by atoms with Crippen molar-refractivity contribution in [3.63, 3.8) is 0 Å². The van der Waals surface area contributed by atoms with Gasteiger partial charge in [0.1, 0.15) is 11.9 Å². The first-order chi connectivity index (χ1) is 9.99. The van der Waals surface area contributed by atoms with E-state index >= 15 is 0 Å². The predicted molar refractivity (Wildman–Crippen MR) is 80.3 cm³/mol. The smallest absolute Gasteiger partial charge is 0.339 e. The Morgan fingerprint density at radius 3 is 2.90 bits per heavy atom. The summed E-state index contributed by atoms with van der Waals surface area (Å²) in [6.07, 6.45) is 2.68. The maximum Gasteiger partial charge on any atom is 0.339 e. The Morgan fingerprint density at radius 2 is 2.24 bits per heavy atom. The summed E-state index contributed by atoms with van der Waals surface area (Å²) in [6.45, 7) is 2.45. The molecule has 0 aliphatic heterocycles. The summed E-state index contributed by atoms with van der Waals surface area (Å²) < 4.78 is 0. The number of aromatic carboxylic acids is 1.